The van der Waals surface area contributed by atoms with Crippen LogP contribution in [0.15, 0.2) is 30.6 Å². The van der Waals surface area contributed by atoms with Gasteiger partial charge in [0.25, 0.3) is 0 Å². The molecule has 4 nitrogen and oxygen atoms in total. The first kappa shape index (κ1) is 12.4. The van der Waals surface area contributed by atoms with E-state index in [1.165, 1.54) is 11.9 Å². The molecule has 0 unspecified atom stereocenters. The molecule has 1 aromatic heterocycles. The van der Waals surface area contributed by atoms with E-state index < -0.39 is 0 Å². The van der Waals surface area contributed by atoms with Crippen molar-refractivity contribution in [3.05, 3.63) is 41.7 Å². The first-order valence-corrected chi connectivity index (χ1v) is 6.10. The van der Waals surface area contributed by atoms with E-state index in [-0.39, 0.29) is 0 Å². The van der Waals surface area contributed by atoms with Crippen molar-refractivity contribution in [2.24, 2.45) is 0 Å². The number of aromatic nitrogens is 2. The molecule has 0 aliphatic heterocycles. The van der Waals surface area contributed by atoms with Gasteiger partial charge < -0.3 is 10.5 Å². The van der Waals surface area contributed by atoms with E-state index in [1.807, 2.05) is 31.2 Å². The molecule has 1 heterocycles. The molecule has 4 heteroatoms. The first-order chi connectivity index (χ1) is 8.74. The minimum absolute atomic E-state index is 0.479. The van der Waals surface area contributed by atoms with Gasteiger partial charge in [-0.2, -0.15) is 0 Å². The Hall–Kier alpha value is -2.10. The predicted molar refractivity (Wildman–Crippen MR) is 71.7 cm³/mol. The molecule has 2 N–H and O–H groups in total. The number of nitrogens with two attached hydrogens (primary N) is 1. The summed E-state index contributed by atoms with van der Waals surface area (Å²) in [6, 6.07) is 7.98. The second-order valence-electron chi connectivity index (χ2n) is 4.00. The van der Waals surface area contributed by atoms with Crippen LogP contribution in [0, 0.1) is 0 Å². The summed E-state index contributed by atoms with van der Waals surface area (Å²) in [7, 11) is 0. The van der Waals surface area contributed by atoms with Gasteiger partial charge in [-0.3, -0.25) is 0 Å². The number of hydrogen-bond acceptors (Lipinski definition) is 4. The normalized spacial score (nSPS) is 10.3. The van der Waals surface area contributed by atoms with Gasteiger partial charge in [0.05, 0.1) is 5.56 Å². The molecule has 0 saturated heterocycles. The summed E-state index contributed by atoms with van der Waals surface area (Å²) in [4.78, 5) is 8.10. The molecule has 94 valence electrons. The maximum atomic E-state index is 5.80. The van der Waals surface area contributed by atoms with E-state index in [0.29, 0.717) is 11.7 Å². The quantitative estimate of drug-likeness (QED) is 0.896. The molecule has 0 atom stereocenters. The summed E-state index contributed by atoms with van der Waals surface area (Å²) in [5.41, 5.74) is 7.92. The maximum Gasteiger partial charge on any atom is 0.227 e. The van der Waals surface area contributed by atoms with Crippen molar-refractivity contribution >= 4 is 5.82 Å². The van der Waals surface area contributed by atoms with Crippen LogP contribution in [-0.2, 0) is 12.8 Å². The van der Waals surface area contributed by atoms with Crippen LogP contribution in [0.25, 0.3) is 0 Å². The topological polar surface area (TPSA) is 61.0 Å². The van der Waals surface area contributed by atoms with Gasteiger partial charge in [0.1, 0.15) is 17.9 Å². The highest BCUT2D eigenvalue weighted by molar-refractivity contribution is 5.46. The summed E-state index contributed by atoms with van der Waals surface area (Å²) in [6.07, 6.45) is 3.18. The maximum absolute atomic E-state index is 5.80. The van der Waals surface area contributed by atoms with Crippen LogP contribution in [0.3, 0.4) is 0 Å². The van der Waals surface area contributed by atoms with Crippen molar-refractivity contribution in [2.45, 2.75) is 26.7 Å². The highest BCUT2D eigenvalue weighted by Gasteiger charge is 2.09. The number of hydrogen-bond donors (Lipinski definition) is 1. The van der Waals surface area contributed by atoms with Crippen molar-refractivity contribution in [2.75, 3.05) is 5.73 Å². The van der Waals surface area contributed by atoms with Crippen LogP contribution < -0.4 is 10.5 Å². The number of ether oxygens (including phenoxy) is 1. The second kappa shape index (κ2) is 5.49. The number of aryl methyl sites for hydroxylation is 1. The third kappa shape index (κ3) is 2.59. The Morgan fingerprint density at radius 2 is 1.78 bits per heavy atom. The molecule has 0 fully saturated rings. The van der Waals surface area contributed by atoms with E-state index in [9.17, 15) is 0 Å². The molecule has 0 aliphatic carbocycles. The standard InChI is InChI=1S/C14H17N3O/c1-3-10-5-7-11(8-6-10)18-14-12(4-2)13(15)16-9-17-14/h5-9H,3-4H2,1-2H3,(H2,15,16,17). The minimum atomic E-state index is 0.479. The lowest BCUT2D eigenvalue weighted by molar-refractivity contribution is 0.455. The highest BCUT2D eigenvalue weighted by atomic mass is 16.5. The lowest BCUT2D eigenvalue weighted by Gasteiger charge is -2.10. The van der Waals surface area contributed by atoms with E-state index in [4.69, 9.17) is 10.5 Å². The zero-order chi connectivity index (χ0) is 13.0. The van der Waals surface area contributed by atoms with Crippen LogP contribution >= 0.6 is 0 Å². The average Bonchev–Trinajstić information content (AvgIpc) is 2.40. The van der Waals surface area contributed by atoms with Crippen LogP contribution in [0.4, 0.5) is 5.82 Å². The zero-order valence-electron chi connectivity index (χ0n) is 10.7. The van der Waals surface area contributed by atoms with Crippen molar-refractivity contribution < 1.29 is 4.74 Å². The van der Waals surface area contributed by atoms with Crippen molar-refractivity contribution in [1.29, 1.82) is 0 Å². The Morgan fingerprint density at radius 3 is 2.39 bits per heavy atom. The average molecular weight is 243 g/mol. The lowest BCUT2D eigenvalue weighted by atomic mass is 10.2. The Bertz CT molecular complexity index is 523. The Labute approximate surface area is 107 Å². The largest absolute Gasteiger partial charge is 0.439 e. The van der Waals surface area contributed by atoms with Crippen molar-refractivity contribution in [3.8, 4) is 11.6 Å². The molecule has 0 radical (unpaired) electrons. The summed E-state index contributed by atoms with van der Waals surface area (Å²) in [6.45, 7) is 4.12. The fourth-order valence-electron chi connectivity index (χ4n) is 1.73. The van der Waals surface area contributed by atoms with Crippen LogP contribution in [0.5, 0.6) is 11.6 Å². The molecule has 1 aromatic carbocycles. The highest BCUT2D eigenvalue weighted by Crippen LogP contribution is 2.26. The molecule has 0 bridgehead atoms. The molecular weight excluding hydrogens is 226 g/mol. The van der Waals surface area contributed by atoms with Gasteiger partial charge in [-0.25, -0.2) is 9.97 Å². The SMILES string of the molecule is CCc1ccc(Oc2ncnc(N)c2CC)cc1. The minimum Gasteiger partial charge on any atom is -0.439 e. The van der Waals surface area contributed by atoms with E-state index in [1.54, 1.807) is 0 Å². The van der Waals surface area contributed by atoms with E-state index in [2.05, 4.69) is 16.9 Å². The third-order valence-corrected chi connectivity index (χ3v) is 2.84. The molecule has 2 aromatic rings. The third-order valence-electron chi connectivity index (χ3n) is 2.84. The molecule has 0 amide bonds. The number of nitrogens with zero attached hydrogens (tertiary/aromatic N) is 2. The predicted octanol–water partition coefficient (Wildman–Crippen LogP) is 2.98. The van der Waals surface area contributed by atoms with Crippen LogP contribution in [-0.4, -0.2) is 9.97 Å². The fraction of sp³-hybridized carbons (Fsp3) is 0.286. The zero-order valence-corrected chi connectivity index (χ0v) is 10.7. The van der Waals surface area contributed by atoms with Crippen molar-refractivity contribution in [1.82, 2.24) is 9.97 Å². The Morgan fingerprint density at radius 1 is 1.06 bits per heavy atom. The summed E-state index contributed by atoms with van der Waals surface area (Å²) < 4.78 is 5.75. The van der Waals surface area contributed by atoms with Gasteiger partial charge >= 0.3 is 0 Å². The monoisotopic (exact) mass is 243 g/mol. The van der Waals surface area contributed by atoms with Gasteiger partial charge in [-0.1, -0.05) is 26.0 Å². The van der Waals surface area contributed by atoms with Crippen molar-refractivity contribution in [3.63, 3.8) is 0 Å². The van der Waals surface area contributed by atoms with E-state index >= 15 is 0 Å². The van der Waals surface area contributed by atoms with Crippen LogP contribution in [0.1, 0.15) is 25.0 Å². The molecule has 0 spiro atoms. The summed E-state index contributed by atoms with van der Waals surface area (Å²) in [5, 5.41) is 0. The molecular formula is C14H17N3O. The fourth-order valence-corrected chi connectivity index (χ4v) is 1.73. The van der Waals surface area contributed by atoms with Crippen LogP contribution in [0.2, 0.25) is 0 Å². The number of anilines is 1. The van der Waals surface area contributed by atoms with Gasteiger partial charge in [0.2, 0.25) is 5.88 Å². The second-order valence-corrected chi connectivity index (χ2v) is 4.00. The molecule has 18 heavy (non-hydrogen) atoms. The molecule has 2 rings (SSSR count). The number of rotatable bonds is 4. The number of benzene rings is 1. The smallest absolute Gasteiger partial charge is 0.227 e. The lowest BCUT2D eigenvalue weighted by Crippen LogP contribution is -2.01. The molecule has 0 saturated carbocycles. The van der Waals surface area contributed by atoms with Gasteiger partial charge in [-0.05, 0) is 30.5 Å². The summed E-state index contributed by atoms with van der Waals surface area (Å²) >= 11 is 0. The Balaban J connectivity index is 2.25. The number of nitrogen functional groups attached to an aromatic ring is 1. The van der Waals surface area contributed by atoms with Gasteiger partial charge in [0.15, 0.2) is 0 Å². The van der Waals surface area contributed by atoms with E-state index in [0.717, 1.165) is 24.2 Å². The van der Waals surface area contributed by atoms with Gasteiger partial charge in [-0.15, -0.1) is 0 Å². The Kier molecular flexibility index (Phi) is 3.77. The summed E-state index contributed by atoms with van der Waals surface area (Å²) in [5.74, 6) is 1.78. The van der Waals surface area contributed by atoms with Gasteiger partial charge in [0, 0.05) is 0 Å². The first-order valence-electron chi connectivity index (χ1n) is 6.10. The molecule has 0 aliphatic rings.